The summed E-state index contributed by atoms with van der Waals surface area (Å²) in [7, 11) is -0.299. The van der Waals surface area contributed by atoms with Crippen LogP contribution in [-0.4, -0.2) is 48.0 Å². The number of carbonyl (C=O) groups is 1. The Labute approximate surface area is 204 Å². The predicted molar refractivity (Wildman–Crippen MR) is 134 cm³/mol. The smallest absolute Gasteiger partial charge is 0.490 e. The fraction of sp³-hybridized carbons (Fsp3) is 0.583. The molecule has 0 radical (unpaired) electrons. The molecule has 0 atom stereocenters. The van der Waals surface area contributed by atoms with Gasteiger partial charge in [-0.2, -0.15) is 0 Å². The van der Waals surface area contributed by atoms with E-state index < -0.39 is 0 Å². The van der Waals surface area contributed by atoms with E-state index in [0.29, 0.717) is 24.3 Å². The molecule has 33 heavy (non-hydrogen) atoms. The van der Waals surface area contributed by atoms with E-state index in [1.165, 1.54) is 0 Å². The third-order valence-corrected chi connectivity index (χ3v) is 5.12. The van der Waals surface area contributed by atoms with Gasteiger partial charge >= 0.3 is 7.12 Å². The number of aromatic nitrogens is 1. The van der Waals surface area contributed by atoms with E-state index in [0.717, 1.165) is 0 Å². The molecular weight excluding hydrogens is 443 g/mol. The zero-order valence-electron chi connectivity index (χ0n) is 21.3. The van der Waals surface area contributed by atoms with Gasteiger partial charge in [-0.1, -0.05) is 11.6 Å². The van der Waals surface area contributed by atoms with Crippen LogP contribution in [0.15, 0.2) is 30.8 Å². The van der Waals surface area contributed by atoms with Crippen LogP contribution in [0.4, 0.5) is 0 Å². The summed E-state index contributed by atoms with van der Waals surface area (Å²) < 4.78 is 21.7. The number of amides is 1. The minimum atomic E-state index is -0.312. The maximum absolute atomic E-state index is 12.2. The van der Waals surface area contributed by atoms with Crippen molar-refractivity contribution in [1.82, 2.24) is 10.3 Å². The lowest BCUT2D eigenvalue weighted by Gasteiger charge is -2.32. The Morgan fingerprint density at radius 2 is 1.67 bits per heavy atom. The van der Waals surface area contributed by atoms with Crippen LogP contribution in [-0.2, 0) is 18.8 Å². The SMILES string of the molecule is CCO/C=C/B1OC(C)(C)C(C)(C)O1.CCO/C=C/c1cnc(Cl)cc1C(=O)NC(C)(C)C. The van der Waals surface area contributed by atoms with E-state index in [1.54, 1.807) is 36.8 Å². The van der Waals surface area contributed by atoms with E-state index >= 15 is 0 Å². The molecule has 1 aliphatic heterocycles. The van der Waals surface area contributed by atoms with Gasteiger partial charge in [-0.05, 0) is 80.4 Å². The van der Waals surface area contributed by atoms with Crippen molar-refractivity contribution in [3.63, 3.8) is 0 Å². The van der Waals surface area contributed by atoms with Crippen LogP contribution in [0.5, 0.6) is 0 Å². The minimum absolute atomic E-state index is 0.187. The van der Waals surface area contributed by atoms with Crippen LogP contribution in [0.25, 0.3) is 6.08 Å². The molecule has 0 aliphatic carbocycles. The topological polar surface area (TPSA) is 78.9 Å². The third kappa shape index (κ3) is 9.78. The Hall–Kier alpha value is -2.03. The van der Waals surface area contributed by atoms with Crippen LogP contribution < -0.4 is 5.32 Å². The summed E-state index contributed by atoms with van der Waals surface area (Å²) in [6, 6.07) is 1.55. The highest BCUT2D eigenvalue weighted by Gasteiger charge is 2.50. The molecule has 1 fully saturated rings. The first-order valence-electron chi connectivity index (χ1n) is 11.1. The predicted octanol–water partition coefficient (Wildman–Crippen LogP) is 5.44. The van der Waals surface area contributed by atoms with E-state index in [9.17, 15) is 4.79 Å². The minimum Gasteiger partial charge on any atom is -0.502 e. The molecule has 184 valence electrons. The van der Waals surface area contributed by atoms with Gasteiger partial charge in [0.2, 0.25) is 0 Å². The molecule has 0 bridgehead atoms. The highest BCUT2D eigenvalue weighted by atomic mass is 35.5. The summed E-state index contributed by atoms with van der Waals surface area (Å²) in [5.74, 6) is 1.60. The van der Waals surface area contributed by atoms with Crippen LogP contribution in [0, 0.1) is 0 Å². The summed E-state index contributed by atoms with van der Waals surface area (Å²) in [5.41, 5.74) is 0.293. The Kier molecular flexibility index (Phi) is 10.9. The molecule has 0 saturated carbocycles. The molecule has 0 unspecified atom stereocenters. The number of nitrogens with one attached hydrogen (secondary N) is 1. The van der Waals surface area contributed by atoms with Gasteiger partial charge in [0.1, 0.15) is 5.15 Å². The molecule has 7 nitrogen and oxygen atoms in total. The van der Waals surface area contributed by atoms with Gasteiger partial charge in [0.15, 0.2) is 0 Å². The summed E-state index contributed by atoms with van der Waals surface area (Å²) in [6.45, 7) is 18.9. The van der Waals surface area contributed by atoms with Crippen molar-refractivity contribution < 1.29 is 23.6 Å². The standard InChI is InChI=1S/C14H19ClN2O2.C10H19BO3/c1-5-19-7-6-10-9-16-12(15)8-11(10)13(18)17-14(2,3)4;1-6-12-8-7-11-13-9(2,3)10(4,5)14-11/h6-9H,5H2,1-4H3,(H,17,18);7-8H,6H2,1-5H3/b7-6+;8-7+. The van der Waals surface area contributed by atoms with Crippen LogP contribution in [0.2, 0.25) is 5.15 Å². The van der Waals surface area contributed by atoms with Crippen molar-refractivity contribution in [1.29, 1.82) is 0 Å². The lowest BCUT2D eigenvalue weighted by atomic mass is 9.90. The lowest BCUT2D eigenvalue weighted by Crippen LogP contribution is -2.41. The molecule has 2 heterocycles. The van der Waals surface area contributed by atoms with Crippen LogP contribution >= 0.6 is 11.6 Å². The fourth-order valence-corrected chi connectivity index (χ4v) is 2.74. The summed E-state index contributed by atoms with van der Waals surface area (Å²) >= 11 is 5.85. The molecule has 2 rings (SSSR count). The highest BCUT2D eigenvalue weighted by Crippen LogP contribution is 2.36. The lowest BCUT2D eigenvalue weighted by molar-refractivity contribution is 0.00578. The number of nitrogens with zero attached hydrogens (tertiary/aromatic N) is 1. The molecule has 0 aromatic carbocycles. The van der Waals surface area contributed by atoms with Crippen molar-refractivity contribution >= 4 is 30.7 Å². The number of hydrogen-bond acceptors (Lipinski definition) is 6. The van der Waals surface area contributed by atoms with Crippen molar-refractivity contribution in [2.75, 3.05) is 13.2 Å². The van der Waals surface area contributed by atoms with Crippen molar-refractivity contribution in [3.8, 4) is 0 Å². The Balaban J connectivity index is 0.000000346. The molecule has 1 saturated heterocycles. The van der Waals surface area contributed by atoms with Gasteiger partial charge in [-0.15, -0.1) is 0 Å². The van der Waals surface area contributed by atoms with Crippen LogP contribution in [0.1, 0.15) is 78.2 Å². The van der Waals surface area contributed by atoms with Gasteiger partial charge in [0, 0.05) is 17.3 Å². The monoisotopic (exact) mass is 480 g/mol. The Bertz CT molecular complexity index is 819. The Morgan fingerprint density at radius 1 is 1.12 bits per heavy atom. The fourth-order valence-electron chi connectivity index (χ4n) is 2.58. The second-order valence-electron chi connectivity index (χ2n) is 9.47. The second-order valence-corrected chi connectivity index (χ2v) is 9.85. The van der Waals surface area contributed by atoms with Crippen molar-refractivity contribution in [3.05, 3.63) is 47.0 Å². The molecule has 1 amide bonds. The zero-order valence-corrected chi connectivity index (χ0v) is 22.1. The molecule has 1 aliphatic rings. The van der Waals surface area contributed by atoms with Crippen molar-refractivity contribution in [2.24, 2.45) is 0 Å². The summed E-state index contributed by atoms with van der Waals surface area (Å²) in [6.07, 6.45) is 6.42. The quantitative estimate of drug-likeness (QED) is 0.318. The Morgan fingerprint density at radius 3 is 2.18 bits per heavy atom. The van der Waals surface area contributed by atoms with Crippen molar-refractivity contribution in [2.45, 2.75) is 79.1 Å². The number of carbonyl (C=O) groups excluding carboxylic acids is 1. The van der Waals surface area contributed by atoms with E-state index in [1.807, 2.05) is 62.3 Å². The largest absolute Gasteiger partial charge is 0.502 e. The van der Waals surface area contributed by atoms with Gasteiger partial charge in [0.25, 0.3) is 5.91 Å². The number of pyridine rings is 1. The molecular formula is C24H38BClN2O5. The maximum atomic E-state index is 12.2. The average Bonchev–Trinajstić information content (AvgIpc) is 2.89. The first-order valence-corrected chi connectivity index (χ1v) is 11.5. The van der Waals surface area contributed by atoms with E-state index in [-0.39, 0.29) is 34.9 Å². The van der Waals surface area contributed by atoms with Gasteiger partial charge in [0.05, 0.1) is 42.5 Å². The number of hydrogen-bond donors (Lipinski definition) is 1. The molecule has 1 aromatic rings. The first kappa shape index (κ1) is 29.0. The van der Waals surface area contributed by atoms with E-state index in [2.05, 4.69) is 10.3 Å². The van der Waals surface area contributed by atoms with Gasteiger partial charge in [-0.25, -0.2) is 4.98 Å². The number of ether oxygens (including phenoxy) is 2. The van der Waals surface area contributed by atoms with Gasteiger partial charge in [-0.3, -0.25) is 4.79 Å². The molecule has 1 aromatic heterocycles. The zero-order chi connectivity index (χ0) is 25.3. The highest BCUT2D eigenvalue weighted by molar-refractivity contribution is 6.51. The normalized spacial score (nSPS) is 17.1. The molecule has 0 spiro atoms. The third-order valence-electron chi connectivity index (χ3n) is 4.92. The number of halogens is 1. The summed E-state index contributed by atoms with van der Waals surface area (Å²) in [5, 5.41) is 3.18. The molecule has 1 N–H and O–H groups in total. The molecule has 9 heteroatoms. The van der Waals surface area contributed by atoms with E-state index in [4.69, 9.17) is 30.4 Å². The van der Waals surface area contributed by atoms with Crippen LogP contribution in [0.3, 0.4) is 0 Å². The first-order chi connectivity index (χ1) is 15.2. The average molecular weight is 481 g/mol. The summed E-state index contributed by atoms with van der Waals surface area (Å²) in [4.78, 5) is 16.2. The maximum Gasteiger partial charge on any atom is 0.490 e. The second kappa shape index (κ2) is 12.4. The number of rotatable bonds is 7. The van der Waals surface area contributed by atoms with Gasteiger partial charge < -0.3 is 24.1 Å².